The monoisotopic (exact) mass is 393 g/mol. The van der Waals surface area contributed by atoms with Crippen LogP contribution in [0.1, 0.15) is 10.4 Å². The lowest BCUT2D eigenvalue weighted by atomic mass is 10.1. The fourth-order valence-electron chi connectivity index (χ4n) is 1.81. The molecule has 0 aliphatic heterocycles. The number of nitro benzene ring substituents is 1. The van der Waals surface area contributed by atoms with E-state index in [9.17, 15) is 19.7 Å². The highest BCUT2D eigenvalue weighted by atomic mass is 79.9. The number of ether oxygens (including phenoxy) is 1. The van der Waals surface area contributed by atoms with Crippen LogP contribution in [-0.2, 0) is 9.53 Å². The van der Waals surface area contributed by atoms with Gasteiger partial charge in [-0.2, -0.15) is 0 Å². The van der Waals surface area contributed by atoms with Crippen molar-refractivity contribution in [2.45, 2.75) is 0 Å². The van der Waals surface area contributed by atoms with Crippen LogP contribution in [0.3, 0.4) is 0 Å². The lowest BCUT2D eigenvalue weighted by molar-refractivity contribution is -0.384. The molecular formula is C15H12BrN3O5. The van der Waals surface area contributed by atoms with E-state index in [2.05, 4.69) is 21.2 Å². The summed E-state index contributed by atoms with van der Waals surface area (Å²) in [4.78, 5) is 33.8. The molecule has 0 saturated carbocycles. The molecule has 2 rings (SSSR count). The molecule has 0 aliphatic rings. The Hall–Kier alpha value is -2.94. The predicted octanol–water partition coefficient (Wildman–Crippen LogP) is 2.74. The smallest absolute Gasteiger partial charge is 0.341 e. The maximum Gasteiger partial charge on any atom is 0.341 e. The highest BCUT2D eigenvalue weighted by Gasteiger charge is 2.17. The van der Waals surface area contributed by atoms with E-state index in [1.165, 1.54) is 12.1 Å². The number of hydrogen-bond acceptors (Lipinski definition) is 6. The van der Waals surface area contributed by atoms with Crippen LogP contribution in [0.15, 0.2) is 46.9 Å². The summed E-state index contributed by atoms with van der Waals surface area (Å²) >= 11 is 3.27. The molecule has 24 heavy (non-hydrogen) atoms. The number of nitro groups is 1. The van der Waals surface area contributed by atoms with Gasteiger partial charge in [-0.3, -0.25) is 14.9 Å². The van der Waals surface area contributed by atoms with Gasteiger partial charge in [-0.15, -0.1) is 0 Å². The summed E-state index contributed by atoms with van der Waals surface area (Å²) in [5.41, 5.74) is 5.70. The number of benzene rings is 2. The van der Waals surface area contributed by atoms with E-state index >= 15 is 0 Å². The molecule has 8 nitrogen and oxygen atoms in total. The van der Waals surface area contributed by atoms with E-state index in [0.29, 0.717) is 5.69 Å². The summed E-state index contributed by atoms with van der Waals surface area (Å²) in [5, 5.41) is 13.3. The Bertz CT molecular complexity index is 809. The number of nitrogens with zero attached hydrogens (tertiary/aromatic N) is 1. The van der Waals surface area contributed by atoms with E-state index in [0.717, 1.165) is 10.5 Å². The maximum atomic E-state index is 11.9. The van der Waals surface area contributed by atoms with Gasteiger partial charge in [0.25, 0.3) is 11.6 Å². The molecule has 2 aromatic carbocycles. The van der Waals surface area contributed by atoms with Crippen molar-refractivity contribution in [2.75, 3.05) is 17.7 Å². The third-order valence-electron chi connectivity index (χ3n) is 2.91. The van der Waals surface area contributed by atoms with Crippen molar-refractivity contribution in [1.82, 2.24) is 0 Å². The van der Waals surface area contributed by atoms with Crippen LogP contribution in [0.5, 0.6) is 0 Å². The molecule has 0 unspecified atom stereocenters. The topological polar surface area (TPSA) is 125 Å². The number of esters is 1. The zero-order valence-electron chi connectivity index (χ0n) is 12.2. The fraction of sp³-hybridized carbons (Fsp3) is 0.0667. The summed E-state index contributed by atoms with van der Waals surface area (Å²) in [7, 11) is 0. The standard InChI is InChI=1S/C15H12BrN3O5/c16-9-2-1-3-10(6-9)18-14(20)8-24-15(21)12-7-11(19(22)23)4-5-13(12)17/h1-7H,8,17H2,(H,18,20). The third kappa shape index (κ3) is 4.53. The van der Waals surface area contributed by atoms with Crippen LogP contribution < -0.4 is 11.1 Å². The van der Waals surface area contributed by atoms with Crippen LogP contribution >= 0.6 is 15.9 Å². The quantitative estimate of drug-likeness (QED) is 0.348. The van der Waals surface area contributed by atoms with Gasteiger partial charge in [-0.1, -0.05) is 22.0 Å². The minimum Gasteiger partial charge on any atom is -0.452 e. The number of carbonyl (C=O) groups is 2. The fourth-order valence-corrected chi connectivity index (χ4v) is 2.21. The zero-order valence-corrected chi connectivity index (χ0v) is 13.8. The Balaban J connectivity index is 1.99. The molecule has 0 heterocycles. The molecule has 0 aliphatic carbocycles. The Morgan fingerprint density at radius 2 is 2.00 bits per heavy atom. The van der Waals surface area contributed by atoms with Gasteiger partial charge in [0.15, 0.2) is 6.61 Å². The lowest BCUT2D eigenvalue weighted by Gasteiger charge is -2.08. The summed E-state index contributed by atoms with van der Waals surface area (Å²) in [5.74, 6) is -1.47. The molecule has 2 aromatic rings. The van der Waals surface area contributed by atoms with Gasteiger partial charge >= 0.3 is 5.97 Å². The van der Waals surface area contributed by atoms with Crippen molar-refractivity contribution < 1.29 is 19.2 Å². The molecule has 0 spiro atoms. The molecular weight excluding hydrogens is 382 g/mol. The first-order valence-corrected chi connectivity index (χ1v) is 7.42. The van der Waals surface area contributed by atoms with Crippen LogP contribution in [-0.4, -0.2) is 23.4 Å². The van der Waals surface area contributed by atoms with Crippen molar-refractivity contribution in [3.8, 4) is 0 Å². The Labute approximate surface area is 144 Å². The second kappa shape index (κ2) is 7.55. The molecule has 0 bridgehead atoms. The average molecular weight is 394 g/mol. The minimum atomic E-state index is -0.916. The number of nitrogens with two attached hydrogens (primary N) is 1. The second-order valence-corrected chi connectivity index (χ2v) is 5.58. The second-order valence-electron chi connectivity index (χ2n) is 4.66. The number of nitrogen functional groups attached to an aromatic ring is 1. The highest BCUT2D eigenvalue weighted by Crippen LogP contribution is 2.20. The molecule has 9 heteroatoms. The largest absolute Gasteiger partial charge is 0.452 e. The van der Waals surface area contributed by atoms with Gasteiger partial charge in [-0.05, 0) is 24.3 Å². The SMILES string of the molecule is Nc1ccc([N+](=O)[O-])cc1C(=O)OCC(=O)Nc1cccc(Br)c1. The molecule has 3 N–H and O–H groups in total. The van der Waals surface area contributed by atoms with Gasteiger partial charge in [0, 0.05) is 28.0 Å². The summed E-state index contributed by atoms with van der Waals surface area (Å²) in [6, 6.07) is 10.3. The number of rotatable bonds is 5. The number of nitrogens with one attached hydrogen (secondary N) is 1. The van der Waals surface area contributed by atoms with Crippen LogP contribution in [0, 0.1) is 10.1 Å². The van der Waals surface area contributed by atoms with Gasteiger partial charge in [0.05, 0.1) is 10.5 Å². The molecule has 0 atom stereocenters. The van der Waals surface area contributed by atoms with Crippen molar-refractivity contribution in [3.05, 3.63) is 62.6 Å². The van der Waals surface area contributed by atoms with Crippen molar-refractivity contribution in [3.63, 3.8) is 0 Å². The zero-order chi connectivity index (χ0) is 17.7. The number of non-ortho nitro benzene ring substituents is 1. The van der Waals surface area contributed by atoms with E-state index in [1.54, 1.807) is 24.3 Å². The van der Waals surface area contributed by atoms with Crippen molar-refractivity contribution in [2.24, 2.45) is 0 Å². The third-order valence-corrected chi connectivity index (χ3v) is 3.40. The molecule has 124 valence electrons. The molecule has 0 radical (unpaired) electrons. The number of amides is 1. The first-order chi connectivity index (χ1) is 11.4. The number of anilines is 2. The molecule has 1 amide bonds. The predicted molar refractivity (Wildman–Crippen MR) is 90.6 cm³/mol. The van der Waals surface area contributed by atoms with Crippen molar-refractivity contribution >= 4 is 44.9 Å². The number of carbonyl (C=O) groups excluding carboxylic acids is 2. The van der Waals surface area contributed by atoms with E-state index in [-0.39, 0.29) is 16.9 Å². The van der Waals surface area contributed by atoms with Gasteiger partial charge in [0.1, 0.15) is 0 Å². The van der Waals surface area contributed by atoms with Gasteiger partial charge in [-0.25, -0.2) is 4.79 Å². The Morgan fingerprint density at radius 3 is 2.67 bits per heavy atom. The summed E-state index contributed by atoms with van der Waals surface area (Å²) < 4.78 is 5.62. The van der Waals surface area contributed by atoms with Crippen LogP contribution in [0.4, 0.5) is 17.1 Å². The first-order valence-electron chi connectivity index (χ1n) is 6.63. The maximum absolute atomic E-state index is 11.9. The number of halogens is 1. The van der Waals surface area contributed by atoms with Gasteiger partial charge < -0.3 is 15.8 Å². The molecule has 0 aromatic heterocycles. The van der Waals surface area contributed by atoms with E-state index in [4.69, 9.17) is 10.5 Å². The Morgan fingerprint density at radius 1 is 1.25 bits per heavy atom. The minimum absolute atomic E-state index is 0.0259. The lowest BCUT2D eigenvalue weighted by Crippen LogP contribution is -2.21. The molecule has 0 fully saturated rings. The van der Waals surface area contributed by atoms with E-state index in [1.807, 2.05) is 0 Å². The van der Waals surface area contributed by atoms with Crippen LogP contribution in [0.25, 0.3) is 0 Å². The van der Waals surface area contributed by atoms with Crippen LogP contribution in [0.2, 0.25) is 0 Å². The van der Waals surface area contributed by atoms with Crippen molar-refractivity contribution in [1.29, 1.82) is 0 Å². The Kier molecular flexibility index (Phi) is 5.48. The summed E-state index contributed by atoms with van der Waals surface area (Å²) in [6.45, 7) is -0.548. The van der Waals surface area contributed by atoms with Gasteiger partial charge in [0.2, 0.25) is 0 Å². The highest BCUT2D eigenvalue weighted by molar-refractivity contribution is 9.10. The normalized spacial score (nSPS) is 10.0. The first kappa shape index (κ1) is 17.4. The molecule has 0 saturated heterocycles. The number of hydrogen-bond donors (Lipinski definition) is 2. The van der Waals surface area contributed by atoms with E-state index < -0.39 is 23.4 Å². The summed E-state index contributed by atoms with van der Waals surface area (Å²) in [6.07, 6.45) is 0. The average Bonchev–Trinajstić information content (AvgIpc) is 2.52.